The van der Waals surface area contributed by atoms with Crippen LogP contribution in [-0.2, 0) is 14.3 Å². The molecule has 0 aliphatic carbocycles. The third-order valence-corrected chi connectivity index (χ3v) is 1.18. The minimum Gasteiger partial charge on any atom is -0.460 e. The van der Waals surface area contributed by atoms with Crippen LogP contribution in [0.5, 0.6) is 0 Å². The van der Waals surface area contributed by atoms with Crippen LogP contribution in [-0.4, -0.2) is 23.5 Å². The molecule has 5 heteroatoms. The maximum Gasteiger partial charge on any atom is 0.326 e. The van der Waals surface area contributed by atoms with Gasteiger partial charge in [0.15, 0.2) is 0 Å². The first kappa shape index (κ1) is 11.9. The molecule has 0 aliphatic heterocycles. The number of ether oxygens (including phenoxy) is 1. The molecule has 4 nitrogen and oxygen atoms in total. The molecule has 0 aromatic rings. The highest BCUT2D eigenvalue weighted by atomic mass is 35.5. The average Bonchev–Trinajstić information content (AvgIpc) is 2.02. The van der Waals surface area contributed by atoms with Crippen LogP contribution in [0.15, 0.2) is 17.3 Å². The predicted octanol–water partition coefficient (Wildman–Crippen LogP) is 1.40. The predicted molar refractivity (Wildman–Crippen MR) is 48.2 cm³/mol. The van der Waals surface area contributed by atoms with Crippen molar-refractivity contribution < 1.29 is 14.3 Å². The first-order valence-corrected chi connectivity index (χ1v) is 3.94. The second kappa shape index (κ2) is 5.51. The maximum absolute atomic E-state index is 11.0. The molecule has 0 fully saturated rings. The van der Waals surface area contributed by atoms with Crippen molar-refractivity contribution in [2.24, 2.45) is 4.99 Å². The van der Waals surface area contributed by atoms with Crippen molar-refractivity contribution >= 4 is 23.7 Å². The summed E-state index contributed by atoms with van der Waals surface area (Å²) in [7, 11) is 0. The zero-order valence-corrected chi connectivity index (χ0v) is 8.17. The number of isocyanates is 1. The van der Waals surface area contributed by atoms with E-state index in [1.807, 2.05) is 0 Å². The van der Waals surface area contributed by atoms with Gasteiger partial charge in [0.25, 0.3) is 0 Å². The highest BCUT2D eigenvalue weighted by Gasteiger charge is 2.25. The molecule has 72 valence electrons. The van der Waals surface area contributed by atoms with Crippen molar-refractivity contribution in [3.63, 3.8) is 0 Å². The van der Waals surface area contributed by atoms with Gasteiger partial charge < -0.3 is 4.74 Å². The number of rotatable bonds is 4. The SMILES string of the molecule is CC(C)(Cl)C(=O)OCC=CN=C=O. The van der Waals surface area contributed by atoms with Gasteiger partial charge in [-0.1, -0.05) is 0 Å². The summed E-state index contributed by atoms with van der Waals surface area (Å²) in [5.74, 6) is -0.520. The van der Waals surface area contributed by atoms with Crippen molar-refractivity contribution in [2.75, 3.05) is 6.61 Å². The number of halogens is 1. The number of hydrogen-bond donors (Lipinski definition) is 0. The Morgan fingerprint density at radius 1 is 1.69 bits per heavy atom. The summed E-state index contributed by atoms with van der Waals surface area (Å²) >= 11 is 5.64. The maximum atomic E-state index is 11.0. The van der Waals surface area contributed by atoms with Crippen molar-refractivity contribution in [3.05, 3.63) is 12.3 Å². The third kappa shape index (κ3) is 6.08. The molecule has 0 aromatic heterocycles. The first-order valence-electron chi connectivity index (χ1n) is 3.56. The number of aliphatic imine (C=N–C) groups is 1. The fourth-order valence-electron chi connectivity index (χ4n) is 0.422. The van der Waals surface area contributed by atoms with Crippen LogP contribution in [0.1, 0.15) is 13.8 Å². The Balaban J connectivity index is 3.78. The van der Waals surface area contributed by atoms with Gasteiger partial charge in [-0.25, -0.2) is 4.79 Å². The van der Waals surface area contributed by atoms with Crippen LogP contribution < -0.4 is 0 Å². The zero-order valence-electron chi connectivity index (χ0n) is 7.41. The van der Waals surface area contributed by atoms with Gasteiger partial charge >= 0.3 is 5.97 Å². The molecule has 0 amide bonds. The van der Waals surface area contributed by atoms with Crippen LogP contribution in [0.25, 0.3) is 0 Å². The fraction of sp³-hybridized carbons (Fsp3) is 0.500. The smallest absolute Gasteiger partial charge is 0.326 e. The van der Waals surface area contributed by atoms with E-state index in [-0.39, 0.29) is 6.61 Å². The molecule has 0 unspecified atom stereocenters. The van der Waals surface area contributed by atoms with Gasteiger partial charge in [0, 0.05) is 6.20 Å². The van der Waals surface area contributed by atoms with Crippen LogP contribution in [0.2, 0.25) is 0 Å². The van der Waals surface area contributed by atoms with E-state index < -0.39 is 10.8 Å². The molecule has 0 saturated heterocycles. The quantitative estimate of drug-likeness (QED) is 0.300. The third-order valence-electron chi connectivity index (χ3n) is 1.03. The average molecular weight is 204 g/mol. The lowest BCUT2D eigenvalue weighted by Crippen LogP contribution is -2.27. The standard InChI is InChI=1S/C8H10ClNO3/c1-8(2,9)7(12)13-5-3-4-10-6-11/h3-4H,5H2,1-2H3. The Bertz CT molecular complexity index is 249. The van der Waals surface area contributed by atoms with Gasteiger partial charge in [0.05, 0.1) is 0 Å². The Morgan fingerprint density at radius 3 is 2.77 bits per heavy atom. The topological polar surface area (TPSA) is 55.7 Å². The summed E-state index contributed by atoms with van der Waals surface area (Å²) in [5, 5.41) is 0. The van der Waals surface area contributed by atoms with E-state index in [1.165, 1.54) is 32.2 Å². The zero-order chi connectivity index (χ0) is 10.3. The molecular formula is C8H10ClNO3. The Hall–Kier alpha value is -1.12. The van der Waals surface area contributed by atoms with E-state index in [2.05, 4.69) is 4.99 Å². The lowest BCUT2D eigenvalue weighted by atomic mass is 10.2. The molecule has 13 heavy (non-hydrogen) atoms. The Morgan fingerprint density at radius 2 is 2.31 bits per heavy atom. The van der Waals surface area contributed by atoms with Crippen LogP contribution >= 0.6 is 11.6 Å². The van der Waals surface area contributed by atoms with Gasteiger partial charge in [-0.05, 0) is 19.9 Å². The van der Waals surface area contributed by atoms with Gasteiger partial charge in [0.2, 0.25) is 6.08 Å². The molecule has 0 rings (SSSR count). The molecule has 0 radical (unpaired) electrons. The number of esters is 1. The number of carbonyl (C=O) groups is 1. The highest BCUT2D eigenvalue weighted by molar-refractivity contribution is 6.33. The van der Waals surface area contributed by atoms with E-state index in [4.69, 9.17) is 16.3 Å². The number of nitrogens with zero attached hydrogens (tertiary/aromatic N) is 1. The largest absolute Gasteiger partial charge is 0.460 e. The second-order valence-corrected chi connectivity index (χ2v) is 3.62. The summed E-state index contributed by atoms with van der Waals surface area (Å²) in [6.07, 6.45) is 3.91. The summed E-state index contributed by atoms with van der Waals surface area (Å²) < 4.78 is 4.71. The summed E-state index contributed by atoms with van der Waals surface area (Å²) in [6.45, 7) is 3.11. The van der Waals surface area contributed by atoms with Crippen LogP contribution in [0.3, 0.4) is 0 Å². The Kier molecular flexibility index (Phi) is 5.04. The lowest BCUT2D eigenvalue weighted by Gasteiger charge is -2.12. The molecule has 0 spiro atoms. The van der Waals surface area contributed by atoms with Gasteiger partial charge in [-0.3, -0.25) is 4.79 Å². The number of alkyl halides is 1. The fourth-order valence-corrected chi connectivity index (χ4v) is 0.476. The number of carbonyl (C=O) groups excluding carboxylic acids is 2. The lowest BCUT2D eigenvalue weighted by molar-refractivity contribution is -0.144. The first-order chi connectivity index (χ1) is 5.98. The van der Waals surface area contributed by atoms with Gasteiger partial charge in [-0.15, -0.1) is 11.6 Å². The van der Waals surface area contributed by atoms with E-state index in [1.54, 1.807) is 0 Å². The molecule has 0 heterocycles. The highest BCUT2D eigenvalue weighted by Crippen LogP contribution is 2.14. The number of hydrogen-bond acceptors (Lipinski definition) is 4. The van der Waals surface area contributed by atoms with Crippen molar-refractivity contribution in [3.8, 4) is 0 Å². The summed E-state index contributed by atoms with van der Waals surface area (Å²) in [6, 6.07) is 0. The molecule has 0 N–H and O–H groups in total. The summed E-state index contributed by atoms with van der Waals surface area (Å²) in [5.41, 5.74) is 0. The van der Waals surface area contributed by atoms with Gasteiger partial charge in [0.1, 0.15) is 11.5 Å². The molecule has 0 saturated carbocycles. The van der Waals surface area contributed by atoms with E-state index in [0.717, 1.165) is 0 Å². The molecule has 0 aliphatic rings. The molecule has 0 bridgehead atoms. The van der Waals surface area contributed by atoms with Crippen molar-refractivity contribution in [2.45, 2.75) is 18.7 Å². The van der Waals surface area contributed by atoms with E-state index >= 15 is 0 Å². The second-order valence-electron chi connectivity index (χ2n) is 2.68. The normalized spacial score (nSPS) is 11.0. The molecule has 0 atom stereocenters. The Labute approximate surface area is 81.2 Å². The van der Waals surface area contributed by atoms with E-state index in [9.17, 15) is 9.59 Å². The minimum absolute atomic E-state index is 0.0418. The van der Waals surface area contributed by atoms with Crippen molar-refractivity contribution in [1.29, 1.82) is 0 Å². The monoisotopic (exact) mass is 203 g/mol. The molecular weight excluding hydrogens is 194 g/mol. The van der Waals surface area contributed by atoms with Crippen molar-refractivity contribution in [1.82, 2.24) is 0 Å². The van der Waals surface area contributed by atoms with Crippen LogP contribution in [0, 0.1) is 0 Å². The molecule has 0 aromatic carbocycles. The summed E-state index contributed by atoms with van der Waals surface area (Å²) in [4.78, 5) is 22.7. The van der Waals surface area contributed by atoms with Crippen LogP contribution in [0.4, 0.5) is 0 Å². The minimum atomic E-state index is -1.03. The van der Waals surface area contributed by atoms with Gasteiger partial charge in [-0.2, -0.15) is 4.99 Å². The van der Waals surface area contributed by atoms with E-state index in [0.29, 0.717) is 0 Å².